The molecule has 1 aromatic carbocycles. The molecule has 7 heteroatoms. The average molecular weight is 430 g/mol. The number of hydrogen-bond acceptors (Lipinski definition) is 4. The molecule has 0 spiro atoms. The summed E-state index contributed by atoms with van der Waals surface area (Å²) in [5, 5.41) is 0. The zero-order chi connectivity index (χ0) is 21.1. The fourth-order valence-electron chi connectivity index (χ4n) is 4.66. The highest BCUT2D eigenvalue weighted by Gasteiger charge is 2.44. The molecule has 0 radical (unpaired) electrons. The van der Waals surface area contributed by atoms with E-state index < -0.39 is 11.7 Å². The van der Waals surface area contributed by atoms with Crippen LogP contribution in [0.15, 0.2) is 65.3 Å². The molecule has 1 fully saturated rings. The van der Waals surface area contributed by atoms with Crippen molar-refractivity contribution in [2.45, 2.75) is 31.3 Å². The van der Waals surface area contributed by atoms with Crippen LogP contribution in [0, 0.1) is 11.3 Å². The van der Waals surface area contributed by atoms with E-state index in [1.807, 2.05) is 17.0 Å². The summed E-state index contributed by atoms with van der Waals surface area (Å²) in [6, 6.07) is 7.79. The lowest BCUT2D eigenvalue weighted by Crippen LogP contribution is -2.26. The van der Waals surface area contributed by atoms with E-state index in [1.165, 1.54) is 11.8 Å². The second-order valence-corrected chi connectivity index (χ2v) is 9.60. The van der Waals surface area contributed by atoms with Crippen molar-refractivity contribution in [3.63, 3.8) is 0 Å². The van der Waals surface area contributed by atoms with Gasteiger partial charge in [-0.1, -0.05) is 26.0 Å². The molecular formula is C23H22F3N3S. The van der Waals surface area contributed by atoms with E-state index in [-0.39, 0.29) is 5.41 Å². The Kier molecular flexibility index (Phi) is 4.43. The fraction of sp³-hybridized carbons (Fsp3) is 0.348. The standard InChI is InChI=1S/C23H22F3N3S/c1-22(2)13-28(17-7-4-3-6-16(17)22)21-18(8-5-11-27-21)29-14-30-20-10-9-15(12-19(20)29)23(24,25)26/h3-5,7-12,16H,6,13-14H2,1-2H3. The van der Waals surface area contributed by atoms with Gasteiger partial charge in [-0.15, -0.1) is 11.8 Å². The number of rotatable bonds is 2. The quantitative estimate of drug-likeness (QED) is 0.535. The predicted molar refractivity (Wildman–Crippen MR) is 115 cm³/mol. The monoisotopic (exact) mass is 429 g/mol. The van der Waals surface area contributed by atoms with Crippen molar-refractivity contribution in [1.29, 1.82) is 0 Å². The normalized spacial score (nSPS) is 22.2. The third kappa shape index (κ3) is 3.11. The second-order valence-electron chi connectivity index (χ2n) is 8.61. The summed E-state index contributed by atoms with van der Waals surface area (Å²) in [6.45, 7) is 5.36. The van der Waals surface area contributed by atoms with Crippen LogP contribution in [0.2, 0.25) is 0 Å². The van der Waals surface area contributed by atoms with Gasteiger partial charge >= 0.3 is 6.18 Å². The molecule has 3 aliphatic rings. The highest BCUT2D eigenvalue weighted by atomic mass is 32.2. The Morgan fingerprint density at radius 3 is 2.77 bits per heavy atom. The topological polar surface area (TPSA) is 19.4 Å². The van der Waals surface area contributed by atoms with Gasteiger partial charge in [-0.2, -0.15) is 13.2 Å². The van der Waals surface area contributed by atoms with Crippen LogP contribution in [-0.4, -0.2) is 17.4 Å². The number of allylic oxidation sites excluding steroid dienone is 4. The lowest BCUT2D eigenvalue weighted by Gasteiger charge is -2.28. The number of anilines is 3. The van der Waals surface area contributed by atoms with Crippen molar-refractivity contribution in [2.75, 3.05) is 22.2 Å². The van der Waals surface area contributed by atoms with Gasteiger partial charge in [-0.25, -0.2) is 4.98 Å². The van der Waals surface area contributed by atoms with E-state index >= 15 is 0 Å². The number of nitrogens with zero attached hydrogens (tertiary/aromatic N) is 3. The van der Waals surface area contributed by atoms with Crippen LogP contribution in [0.1, 0.15) is 25.8 Å². The molecule has 1 saturated heterocycles. The van der Waals surface area contributed by atoms with Crippen molar-refractivity contribution in [2.24, 2.45) is 11.3 Å². The van der Waals surface area contributed by atoms with Crippen LogP contribution in [0.25, 0.3) is 0 Å². The summed E-state index contributed by atoms with van der Waals surface area (Å²) in [5.41, 5.74) is 2.14. The maximum atomic E-state index is 13.3. The van der Waals surface area contributed by atoms with E-state index in [0.29, 0.717) is 17.5 Å². The first kappa shape index (κ1) is 19.5. The zero-order valence-corrected chi connectivity index (χ0v) is 17.6. The summed E-state index contributed by atoms with van der Waals surface area (Å²) in [5.74, 6) is 1.78. The molecule has 2 aliphatic heterocycles. The van der Waals surface area contributed by atoms with Gasteiger partial charge < -0.3 is 9.80 Å². The number of halogens is 3. The highest BCUT2D eigenvalue weighted by Crippen LogP contribution is 2.52. The maximum absolute atomic E-state index is 13.3. The Morgan fingerprint density at radius 1 is 1.13 bits per heavy atom. The highest BCUT2D eigenvalue weighted by molar-refractivity contribution is 7.99. The third-order valence-corrected chi connectivity index (χ3v) is 7.23. The molecule has 1 aromatic heterocycles. The Bertz CT molecular complexity index is 1060. The van der Waals surface area contributed by atoms with Crippen LogP contribution in [0.4, 0.5) is 30.4 Å². The first-order valence-corrected chi connectivity index (χ1v) is 11.0. The Balaban J connectivity index is 1.59. The summed E-state index contributed by atoms with van der Waals surface area (Å²) >= 11 is 1.55. The van der Waals surface area contributed by atoms with Crippen molar-refractivity contribution in [1.82, 2.24) is 4.98 Å². The lowest BCUT2D eigenvalue weighted by atomic mass is 9.77. The minimum atomic E-state index is -4.36. The van der Waals surface area contributed by atoms with E-state index in [4.69, 9.17) is 4.98 Å². The van der Waals surface area contributed by atoms with Crippen molar-refractivity contribution in [3.05, 3.63) is 66.0 Å². The smallest absolute Gasteiger partial charge is 0.328 e. The summed E-state index contributed by atoms with van der Waals surface area (Å²) in [6.07, 6.45) is 4.82. The summed E-state index contributed by atoms with van der Waals surface area (Å²) < 4.78 is 40.0. The van der Waals surface area contributed by atoms with Gasteiger partial charge in [0.1, 0.15) is 0 Å². The largest absolute Gasteiger partial charge is 0.416 e. The summed E-state index contributed by atoms with van der Waals surface area (Å²) in [4.78, 5) is 9.76. The third-order valence-electron chi connectivity index (χ3n) is 6.19. The maximum Gasteiger partial charge on any atom is 0.416 e. The van der Waals surface area contributed by atoms with Crippen LogP contribution in [-0.2, 0) is 6.18 Å². The molecule has 1 atom stereocenters. The molecule has 156 valence electrons. The van der Waals surface area contributed by atoms with Gasteiger partial charge in [0.05, 0.1) is 22.8 Å². The molecule has 0 bridgehead atoms. The number of hydrogen-bond donors (Lipinski definition) is 0. The average Bonchev–Trinajstić information content (AvgIpc) is 3.26. The van der Waals surface area contributed by atoms with Gasteiger partial charge in [0, 0.05) is 29.3 Å². The minimum absolute atomic E-state index is 0.0898. The molecule has 1 unspecified atom stereocenters. The Morgan fingerprint density at radius 2 is 1.97 bits per heavy atom. The first-order valence-electron chi connectivity index (χ1n) is 9.96. The van der Waals surface area contributed by atoms with E-state index in [0.717, 1.165) is 35.4 Å². The molecule has 3 heterocycles. The van der Waals surface area contributed by atoms with Gasteiger partial charge in [-0.05, 0) is 48.2 Å². The van der Waals surface area contributed by atoms with Crippen LogP contribution in [0.3, 0.4) is 0 Å². The van der Waals surface area contributed by atoms with E-state index in [9.17, 15) is 13.2 Å². The van der Waals surface area contributed by atoms with Crippen molar-refractivity contribution >= 4 is 29.0 Å². The Hall–Kier alpha value is -2.41. The molecule has 0 saturated carbocycles. The van der Waals surface area contributed by atoms with Gasteiger partial charge in [-0.3, -0.25) is 0 Å². The number of aromatic nitrogens is 1. The molecule has 0 N–H and O–H groups in total. The number of thioether (sulfide) groups is 1. The number of pyridine rings is 1. The molecule has 0 amide bonds. The first-order chi connectivity index (χ1) is 14.3. The second kappa shape index (κ2) is 6.80. The van der Waals surface area contributed by atoms with E-state index in [1.54, 1.807) is 24.0 Å². The zero-order valence-electron chi connectivity index (χ0n) is 16.8. The van der Waals surface area contributed by atoms with Crippen molar-refractivity contribution < 1.29 is 13.2 Å². The Labute approximate surface area is 178 Å². The van der Waals surface area contributed by atoms with E-state index in [2.05, 4.69) is 37.0 Å². The molecular weight excluding hydrogens is 407 g/mol. The van der Waals surface area contributed by atoms with Crippen LogP contribution >= 0.6 is 11.8 Å². The molecule has 30 heavy (non-hydrogen) atoms. The number of fused-ring (bicyclic) bond motifs is 2. The molecule has 5 rings (SSSR count). The fourth-order valence-corrected chi connectivity index (χ4v) is 5.69. The molecule has 3 nitrogen and oxygen atoms in total. The lowest BCUT2D eigenvalue weighted by molar-refractivity contribution is -0.137. The van der Waals surface area contributed by atoms with Crippen molar-refractivity contribution in [3.8, 4) is 0 Å². The summed E-state index contributed by atoms with van der Waals surface area (Å²) in [7, 11) is 0. The van der Waals surface area contributed by atoms with Crippen LogP contribution < -0.4 is 9.80 Å². The van der Waals surface area contributed by atoms with Gasteiger partial charge in [0.25, 0.3) is 0 Å². The van der Waals surface area contributed by atoms with Gasteiger partial charge in [0.2, 0.25) is 0 Å². The minimum Gasteiger partial charge on any atom is -0.328 e. The molecule has 1 aliphatic carbocycles. The number of benzene rings is 1. The SMILES string of the molecule is CC1(C)CN(c2ncccc2N2CSc3ccc(C(F)(F)F)cc32)C2=CC=CCC21. The van der Waals surface area contributed by atoms with Crippen LogP contribution in [0.5, 0.6) is 0 Å². The number of alkyl halides is 3. The van der Waals surface area contributed by atoms with Gasteiger partial charge in [0.15, 0.2) is 5.82 Å². The molecule has 2 aromatic rings. The predicted octanol–water partition coefficient (Wildman–Crippen LogP) is 6.61.